The van der Waals surface area contributed by atoms with E-state index in [-0.39, 0.29) is 23.1 Å². The summed E-state index contributed by atoms with van der Waals surface area (Å²) in [5, 5.41) is 6.52. The van der Waals surface area contributed by atoms with Gasteiger partial charge in [0, 0.05) is 28.7 Å². The Morgan fingerprint density at radius 2 is 1.82 bits per heavy atom. The smallest absolute Gasteiger partial charge is 0.384 e. The number of allylic oxidation sites excluding steroid dienone is 1. The Morgan fingerprint density at radius 1 is 1.13 bits per heavy atom. The van der Waals surface area contributed by atoms with E-state index < -0.39 is 17.1 Å². The lowest BCUT2D eigenvalue weighted by atomic mass is 9.97. The van der Waals surface area contributed by atoms with Gasteiger partial charge in [-0.1, -0.05) is 67.1 Å². The van der Waals surface area contributed by atoms with E-state index in [0.29, 0.717) is 11.2 Å². The predicted octanol–water partition coefficient (Wildman–Crippen LogP) is 8.27. The Labute approximate surface area is 227 Å². The minimum atomic E-state index is -4.63. The van der Waals surface area contributed by atoms with Crippen LogP contribution < -0.4 is 5.32 Å². The highest BCUT2D eigenvalue weighted by Gasteiger charge is 2.35. The maximum absolute atomic E-state index is 14.3. The Balaban J connectivity index is 1.92. The topological polar surface area (TPSA) is 42.7 Å². The molecule has 0 aliphatic heterocycles. The van der Waals surface area contributed by atoms with E-state index in [1.54, 1.807) is 12.4 Å². The molecular weight excluding hydrogens is 531 g/mol. The van der Waals surface area contributed by atoms with E-state index in [2.05, 4.69) is 49.3 Å². The molecule has 3 rings (SSSR count). The van der Waals surface area contributed by atoms with Crippen LogP contribution in [0.5, 0.6) is 0 Å². The van der Waals surface area contributed by atoms with Crippen LogP contribution in [0.1, 0.15) is 57.0 Å². The number of nitrogens with one attached hydrogen (secondary N) is 1. The van der Waals surface area contributed by atoms with Gasteiger partial charge in [0.2, 0.25) is 0 Å². The average Bonchev–Trinajstić information content (AvgIpc) is 3.16. The van der Waals surface area contributed by atoms with Crippen molar-refractivity contribution in [3.05, 3.63) is 87.7 Å². The summed E-state index contributed by atoms with van der Waals surface area (Å²) >= 11 is 1.48. The number of alkyl halides is 4. The van der Waals surface area contributed by atoms with Gasteiger partial charge in [-0.15, -0.1) is 0 Å². The lowest BCUT2D eigenvalue weighted by molar-refractivity contribution is -0.138. The molecule has 0 saturated carbocycles. The van der Waals surface area contributed by atoms with Crippen LogP contribution in [-0.4, -0.2) is 21.3 Å². The molecule has 0 amide bonds. The Hall–Kier alpha value is -2.64. The Bertz CT molecular complexity index is 1380. The monoisotopic (exact) mass is 564 g/mol. The molecule has 204 valence electrons. The molecule has 0 aliphatic rings. The number of pyridine rings is 1. The quantitative estimate of drug-likeness (QED) is 0.161. The van der Waals surface area contributed by atoms with Crippen LogP contribution in [0, 0.1) is 5.41 Å². The fourth-order valence-electron chi connectivity index (χ4n) is 3.57. The highest BCUT2D eigenvalue weighted by molar-refractivity contribution is 8.07. The molecule has 38 heavy (non-hydrogen) atoms. The zero-order chi connectivity index (χ0) is 28.5. The van der Waals surface area contributed by atoms with Crippen LogP contribution in [0.4, 0.5) is 17.6 Å². The summed E-state index contributed by atoms with van der Waals surface area (Å²) in [7, 11) is 1.92. The molecule has 0 radical (unpaired) electrons. The van der Waals surface area contributed by atoms with Crippen molar-refractivity contribution in [3.8, 4) is 0 Å². The summed E-state index contributed by atoms with van der Waals surface area (Å²) in [4.78, 5) is 6.23. The molecule has 0 saturated heterocycles. The Morgan fingerprint density at radius 3 is 2.39 bits per heavy atom. The van der Waals surface area contributed by atoms with Gasteiger partial charge < -0.3 is 5.32 Å². The molecule has 0 spiro atoms. The molecule has 3 aromatic rings. The van der Waals surface area contributed by atoms with E-state index >= 15 is 0 Å². The largest absolute Gasteiger partial charge is 0.416 e. The van der Waals surface area contributed by atoms with Crippen LogP contribution >= 0.6 is 21.0 Å². The third-order valence-electron chi connectivity index (χ3n) is 5.46. The van der Waals surface area contributed by atoms with Crippen molar-refractivity contribution in [2.45, 2.75) is 52.7 Å². The number of aromatic nitrogens is 3. The SMILES string of the molecule is C=C(C)S/C(=C\c1cc2cn(Cc3ccc(C(C)(F)P)cc3C(F)(F)F)nc2cn1)C(=C)NCC(C)(C)C. The third-order valence-corrected chi connectivity index (χ3v) is 6.73. The van der Waals surface area contributed by atoms with E-state index in [0.717, 1.165) is 33.5 Å². The van der Waals surface area contributed by atoms with Gasteiger partial charge in [0.25, 0.3) is 0 Å². The maximum Gasteiger partial charge on any atom is 0.416 e. The van der Waals surface area contributed by atoms with Gasteiger partial charge >= 0.3 is 6.18 Å². The molecule has 1 aromatic carbocycles. The van der Waals surface area contributed by atoms with Gasteiger partial charge in [0.15, 0.2) is 0 Å². The molecule has 2 atom stereocenters. The zero-order valence-electron chi connectivity index (χ0n) is 22.2. The van der Waals surface area contributed by atoms with E-state index in [1.807, 2.05) is 28.3 Å². The molecule has 0 bridgehead atoms. The molecule has 1 N–H and O–H groups in total. The van der Waals surface area contributed by atoms with Gasteiger partial charge in [-0.3, -0.25) is 9.67 Å². The number of hydrogen-bond donors (Lipinski definition) is 1. The van der Waals surface area contributed by atoms with Gasteiger partial charge in [0.05, 0.1) is 24.0 Å². The summed E-state index contributed by atoms with van der Waals surface area (Å²) in [6.07, 6.45) is 0.526. The van der Waals surface area contributed by atoms with Crippen LogP contribution in [0.3, 0.4) is 0 Å². The number of thioether (sulfide) groups is 1. The van der Waals surface area contributed by atoms with Crippen LogP contribution in [-0.2, 0) is 18.1 Å². The number of nitrogens with zero attached hydrogens (tertiary/aromatic N) is 3. The van der Waals surface area contributed by atoms with Crippen molar-refractivity contribution in [1.82, 2.24) is 20.1 Å². The second kappa shape index (κ2) is 11.2. The molecule has 2 aromatic heterocycles. The normalized spacial score (nSPS) is 14.4. The van der Waals surface area contributed by atoms with Crippen molar-refractivity contribution in [2.75, 3.05) is 6.54 Å². The zero-order valence-corrected chi connectivity index (χ0v) is 24.2. The fraction of sp³-hybridized carbons (Fsp3) is 0.357. The first-order chi connectivity index (χ1) is 17.4. The third kappa shape index (κ3) is 8.18. The van der Waals surface area contributed by atoms with Gasteiger partial charge in [0.1, 0.15) is 10.9 Å². The van der Waals surface area contributed by atoms with Crippen molar-refractivity contribution in [1.29, 1.82) is 0 Å². The minimum Gasteiger partial charge on any atom is -0.384 e. The second-order valence-corrected chi connectivity index (χ2v) is 13.1. The van der Waals surface area contributed by atoms with Gasteiger partial charge in [-0.2, -0.15) is 18.3 Å². The van der Waals surface area contributed by atoms with Gasteiger partial charge in [-0.05, 0) is 53.5 Å². The molecule has 0 fully saturated rings. The van der Waals surface area contributed by atoms with Crippen LogP contribution in [0.15, 0.2) is 65.3 Å². The summed E-state index contributed by atoms with van der Waals surface area (Å²) in [5.41, 5.74) is 1.08. The number of rotatable bonds is 9. The van der Waals surface area contributed by atoms with Crippen molar-refractivity contribution in [2.24, 2.45) is 5.41 Å². The molecule has 0 aliphatic carbocycles. The van der Waals surface area contributed by atoms with Crippen molar-refractivity contribution >= 4 is 38.0 Å². The van der Waals surface area contributed by atoms with E-state index in [1.165, 1.54) is 35.5 Å². The lowest BCUT2D eigenvalue weighted by Gasteiger charge is -2.21. The minimum absolute atomic E-state index is 0.00208. The first kappa shape index (κ1) is 29.9. The number of benzene rings is 1. The summed E-state index contributed by atoms with van der Waals surface area (Å²) < 4.78 is 57.1. The van der Waals surface area contributed by atoms with E-state index in [9.17, 15) is 17.6 Å². The first-order valence-corrected chi connectivity index (χ1v) is 13.3. The molecule has 10 heteroatoms. The molecule has 2 unspecified atom stereocenters. The Kier molecular flexibility index (Phi) is 8.84. The fourth-order valence-corrected chi connectivity index (χ4v) is 4.50. The summed E-state index contributed by atoms with van der Waals surface area (Å²) in [5.74, 6) is 0. The summed E-state index contributed by atoms with van der Waals surface area (Å²) in [6.45, 7) is 18.2. The lowest BCUT2D eigenvalue weighted by Crippen LogP contribution is -2.26. The van der Waals surface area contributed by atoms with Crippen molar-refractivity contribution in [3.63, 3.8) is 0 Å². The number of hydrogen-bond acceptors (Lipinski definition) is 4. The van der Waals surface area contributed by atoms with E-state index in [4.69, 9.17) is 0 Å². The number of fused-ring (bicyclic) bond motifs is 1. The summed E-state index contributed by atoms with van der Waals surface area (Å²) in [6, 6.07) is 5.35. The van der Waals surface area contributed by atoms with Gasteiger partial charge in [-0.25, -0.2) is 4.39 Å². The molecular formula is C28H33F4N4PS. The number of halogens is 4. The highest BCUT2D eigenvalue weighted by Crippen LogP contribution is 2.39. The highest BCUT2D eigenvalue weighted by atomic mass is 32.2. The molecule has 4 nitrogen and oxygen atoms in total. The second-order valence-electron chi connectivity index (χ2n) is 10.6. The van der Waals surface area contributed by atoms with Crippen LogP contribution in [0.25, 0.3) is 17.0 Å². The van der Waals surface area contributed by atoms with Crippen molar-refractivity contribution < 1.29 is 17.6 Å². The standard InChI is InChI=1S/C28H33F4N4PS/c1-17(2)38-25(18(3)34-16-26(4,5)6)12-22-10-20-15-36(35-24(20)13-33-22)14-19-8-9-21(27(7,29)37)11-23(19)28(30,31)32/h8-13,15,34H,1,3,14,16,37H2,2,4-7H3/b25-12-. The predicted molar refractivity (Wildman–Crippen MR) is 153 cm³/mol. The molecule has 2 heterocycles. The van der Waals surface area contributed by atoms with Crippen LogP contribution in [0.2, 0.25) is 0 Å². The first-order valence-electron chi connectivity index (χ1n) is 11.9. The maximum atomic E-state index is 14.3. The average molecular weight is 565 g/mol.